The predicted octanol–water partition coefficient (Wildman–Crippen LogP) is 4.53. The number of amides is 2. The average molecular weight is 401 g/mol. The van der Waals surface area contributed by atoms with E-state index < -0.39 is 6.04 Å². The van der Waals surface area contributed by atoms with Gasteiger partial charge in [0.25, 0.3) is 0 Å². The van der Waals surface area contributed by atoms with Gasteiger partial charge in [0.05, 0.1) is 0 Å². The lowest BCUT2D eigenvalue weighted by atomic mass is 10.0. The second-order valence-corrected chi connectivity index (χ2v) is 7.20. The first-order valence-corrected chi connectivity index (χ1v) is 10.4. The van der Waals surface area contributed by atoms with E-state index in [1.807, 2.05) is 97.9 Å². The van der Waals surface area contributed by atoms with Gasteiger partial charge in [-0.15, -0.1) is 0 Å². The molecule has 30 heavy (non-hydrogen) atoms. The maximum atomic E-state index is 13.3. The molecule has 0 heterocycles. The number of benzene rings is 3. The highest BCUT2D eigenvalue weighted by molar-refractivity contribution is 5.88. The van der Waals surface area contributed by atoms with Crippen molar-refractivity contribution in [1.82, 2.24) is 10.2 Å². The van der Waals surface area contributed by atoms with Crippen LogP contribution in [-0.2, 0) is 22.6 Å². The average Bonchev–Trinajstić information content (AvgIpc) is 2.80. The minimum absolute atomic E-state index is 0.0501. The Balaban J connectivity index is 1.82. The molecular formula is C26H28N2O2. The van der Waals surface area contributed by atoms with Crippen molar-refractivity contribution < 1.29 is 9.59 Å². The molecule has 0 aliphatic heterocycles. The van der Waals surface area contributed by atoms with Gasteiger partial charge in [-0.1, -0.05) is 97.9 Å². The molecule has 0 fully saturated rings. The van der Waals surface area contributed by atoms with E-state index in [9.17, 15) is 9.59 Å². The van der Waals surface area contributed by atoms with Crippen molar-refractivity contribution in [1.29, 1.82) is 0 Å². The smallest absolute Gasteiger partial charge is 0.247 e. The molecule has 1 atom stereocenters. The SMILES string of the molecule is CCC(=O)N(Cc1ccccc1)[C@H](C(=O)NCCc1ccccc1)c1ccccc1. The van der Waals surface area contributed by atoms with Gasteiger partial charge in [-0.3, -0.25) is 9.59 Å². The summed E-state index contributed by atoms with van der Waals surface area (Å²) in [5.74, 6) is -0.208. The summed E-state index contributed by atoms with van der Waals surface area (Å²) in [6.07, 6.45) is 1.09. The lowest BCUT2D eigenvalue weighted by Gasteiger charge is -2.31. The van der Waals surface area contributed by atoms with E-state index in [0.29, 0.717) is 19.5 Å². The van der Waals surface area contributed by atoms with Crippen LogP contribution in [0.2, 0.25) is 0 Å². The lowest BCUT2D eigenvalue weighted by Crippen LogP contribution is -2.43. The zero-order chi connectivity index (χ0) is 21.2. The van der Waals surface area contributed by atoms with Gasteiger partial charge in [0.15, 0.2) is 0 Å². The Morgan fingerprint density at radius 3 is 1.90 bits per heavy atom. The molecule has 1 N–H and O–H groups in total. The van der Waals surface area contributed by atoms with Gasteiger partial charge in [-0.25, -0.2) is 0 Å². The number of nitrogens with zero attached hydrogens (tertiary/aromatic N) is 1. The molecule has 0 aliphatic rings. The highest BCUT2D eigenvalue weighted by atomic mass is 16.2. The molecule has 0 spiro atoms. The van der Waals surface area contributed by atoms with E-state index in [4.69, 9.17) is 0 Å². The summed E-state index contributed by atoms with van der Waals surface area (Å²) in [6, 6.07) is 28.7. The molecule has 2 amide bonds. The van der Waals surface area contributed by atoms with Crippen LogP contribution in [0.3, 0.4) is 0 Å². The van der Waals surface area contributed by atoms with Crippen molar-refractivity contribution in [3.8, 4) is 0 Å². The van der Waals surface area contributed by atoms with Gasteiger partial charge in [-0.05, 0) is 23.1 Å². The molecule has 4 nitrogen and oxygen atoms in total. The monoisotopic (exact) mass is 400 g/mol. The minimum Gasteiger partial charge on any atom is -0.354 e. The summed E-state index contributed by atoms with van der Waals surface area (Å²) >= 11 is 0. The van der Waals surface area contributed by atoms with Crippen LogP contribution in [0.25, 0.3) is 0 Å². The number of hydrogen-bond donors (Lipinski definition) is 1. The quantitative estimate of drug-likeness (QED) is 0.574. The van der Waals surface area contributed by atoms with Gasteiger partial charge in [0, 0.05) is 19.5 Å². The Morgan fingerprint density at radius 1 is 0.800 bits per heavy atom. The van der Waals surface area contributed by atoms with Crippen LogP contribution in [0.15, 0.2) is 91.0 Å². The van der Waals surface area contributed by atoms with Crippen LogP contribution in [-0.4, -0.2) is 23.3 Å². The van der Waals surface area contributed by atoms with E-state index >= 15 is 0 Å². The first-order valence-electron chi connectivity index (χ1n) is 10.4. The summed E-state index contributed by atoms with van der Waals surface area (Å²) in [4.78, 5) is 27.8. The third-order valence-corrected chi connectivity index (χ3v) is 5.05. The normalized spacial score (nSPS) is 11.5. The minimum atomic E-state index is -0.672. The van der Waals surface area contributed by atoms with E-state index in [2.05, 4.69) is 5.32 Å². The largest absolute Gasteiger partial charge is 0.354 e. The Morgan fingerprint density at radius 2 is 1.33 bits per heavy atom. The fraction of sp³-hybridized carbons (Fsp3) is 0.231. The van der Waals surface area contributed by atoms with E-state index in [1.165, 1.54) is 5.56 Å². The van der Waals surface area contributed by atoms with Gasteiger partial charge < -0.3 is 10.2 Å². The fourth-order valence-corrected chi connectivity index (χ4v) is 3.49. The Hall–Kier alpha value is -3.40. The summed E-state index contributed by atoms with van der Waals surface area (Å²) in [6.45, 7) is 2.74. The van der Waals surface area contributed by atoms with Crippen molar-refractivity contribution in [2.45, 2.75) is 32.4 Å². The summed E-state index contributed by atoms with van der Waals surface area (Å²) in [5, 5.41) is 3.04. The molecule has 3 aromatic rings. The second-order valence-electron chi connectivity index (χ2n) is 7.20. The summed E-state index contributed by atoms with van der Waals surface area (Å²) < 4.78 is 0. The van der Waals surface area contributed by atoms with Gasteiger partial charge in [0.2, 0.25) is 11.8 Å². The topological polar surface area (TPSA) is 49.4 Å². The second kappa shape index (κ2) is 11.0. The lowest BCUT2D eigenvalue weighted by molar-refractivity contribution is -0.141. The molecule has 0 bridgehead atoms. The van der Waals surface area contributed by atoms with E-state index in [0.717, 1.165) is 17.5 Å². The molecule has 0 saturated carbocycles. The number of rotatable bonds is 9. The molecule has 0 aromatic heterocycles. The van der Waals surface area contributed by atoms with Crippen molar-refractivity contribution in [2.75, 3.05) is 6.54 Å². The van der Waals surface area contributed by atoms with Crippen molar-refractivity contribution >= 4 is 11.8 Å². The Bertz CT molecular complexity index is 927. The van der Waals surface area contributed by atoms with E-state index in [-0.39, 0.29) is 11.8 Å². The van der Waals surface area contributed by atoms with Crippen molar-refractivity contribution in [3.05, 3.63) is 108 Å². The van der Waals surface area contributed by atoms with Crippen LogP contribution in [0.4, 0.5) is 0 Å². The van der Waals surface area contributed by atoms with Crippen LogP contribution >= 0.6 is 0 Å². The van der Waals surface area contributed by atoms with Gasteiger partial charge in [-0.2, -0.15) is 0 Å². The highest BCUT2D eigenvalue weighted by Crippen LogP contribution is 2.24. The number of nitrogens with one attached hydrogen (secondary N) is 1. The predicted molar refractivity (Wildman–Crippen MR) is 120 cm³/mol. The Kier molecular flexibility index (Phi) is 7.78. The van der Waals surface area contributed by atoms with Crippen molar-refractivity contribution in [3.63, 3.8) is 0 Å². The van der Waals surface area contributed by atoms with Crippen LogP contribution < -0.4 is 5.32 Å². The van der Waals surface area contributed by atoms with Crippen molar-refractivity contribution in [2.24, 2.45) is 0 Å². The third kappa shape index (κ3) is 5.80. The molecule has 154 valence electrons. The van der Waals surface area contributed by atoms with Gasteiger partial charge >= 0.3 is 0 Å². The fourth-order valence-electron chi connectivity index (χ4n) is 3.49. The first kappa shape index (κ1) is 21.3. The molecule has 4 heteroatoms. The molecule has 3 aromatic carbocycles. The molecule has 0 unspecified atom stereocenters. The maximum absolute atomic E-state index is 13.3. The Labute approximate surface area is 178 Å². The summed E-state index contributed by atoms with van der Waals surface area (Å²) in [5.41, 5.74) is 2.98. The zero-order valence-electron chi connectivity index (χ0n) is 17.3. The molecule has 0 radical (unpaired) electrons. The molecule has 0 saturated heterocycles. The number of carbonyl (C=O) groups excluding carboxylic acids is 2. The van der Waals surface area contributed by atoms with E-state index in [1.54, 1.807) is 4.90 Å². The van der Waals surface area contributed by atoms with Crippen LogP contribution in [0.5, 0.6) is 0 Å². The highest BCUT2D eigenvalue weighted by Gasteiger charge is 2.30. The molecular weight excluding hydrogens is 372 g/mol. The first-order chi connectivity index (χ1) is 14.7. The summed E-state index contributed by atoms with van der Waals surface area (Å²) in [7, 11) is 0. The van der Waals surface area contributed by atoms with Crippen LogP contribution in [0.1, 0.15) is 36.1 Å². The molecule has 3 rings (SSSR count). The zero-order valence-corrected chi connectivity index (χ0v) is 17.3. The van der Waals surface area contributed by atoms with Gasteiger partial charge in [0.1, 0.15) is 6.04 Å². The third-order valence-electron chi connectivity index (χ3n) is 5.05. The maximum Gasteiger partial charge on any atom is 0.247 e. The number of hydrogen-bond acceptors (Lipinski definition) is 2. The molecule has 0 aliphatic carbocycles. The van der Waals surface area contributed by atoms with Crippen LogP contribution in [0, 0.1) is 0 Å². The number of carbonyl (C=O) groups is 2. The standard InChI is InChI=1S/C26H28N2O2/c1-2-24(29)28(20-22-14-8-4-9-15-22)25(23-16-10-5-11-17-23)26(30)27-19-18-21-12-6-3-7-13-21/h3-17,25H,2,18-20H2,1H3,(H,27,30)/t25-/m0/s1.